The molecule has 8 nitrogen and oxygen atoms in total. The normalized spacial score (nSPS) is 23.5. The summed E-state index contributed by atoms with van der Waals surface area (Å²) in [6.45, 7) is 0. The average Bonchev–Trinajstić information content (AvgIpc) is 2.75. The van der Waals surface area contributed by atoms with Crippen LogP contribution in [0.2, 0.25) is 0 Å². The first-order valence-electron chi connectivity index (χ1n) is 4.91. The van der Waals surface area contributed by atoms with E-state index in [2.05, 4.69) is 15.2 Å². The molecule has 8 heteroatoms. The van der Waals surface area contributed by atoms with Gasteiger partial charge < -0.3 is 4.74 Å². The predicted molar refractivity (Wildman–Crippen MR) is 58.3 cm³/mol. The number of hydrogen-bond donors (Lipinski definition) is 0. The van der Waals surface area contributed by atoms with Gasteiger partial charge in [0.2, 0.25) is 6.23 Å². The highest BCUT2D eigenvalue weighted by Crippen LogP contribution is 2.14. The van der Waals surface area contributed by atoms with Crippen LogP contribution in [-0.4, -0.2) is 45.0 Å². The molecule has 1 aliphatic rings. The van der Waals surface area contributed by atoms with Crippen molar-refractivity contribution < 1.29 is 9.66 Å². The summed E-state index contributed by atoms with van der Waals surface area (Å²) in [5.41, 5.74) is 1.09. The molecule has 2 unspecified atom stereocenters. The van der Waals surface area contributed by atoms with E-state index in [1.54, 1.807) is 19.3 Å². The van der Waals surface area contributed by atoms with Crippen LogP contribution in [0.1, 0.15) is 5.69 Å². The van der Waals surface area contributed by atoms with Gasteiger partial charge in [-0.15, -0.1) is 0 Å². The highest BCUT2D eigenvalue weighted by atomic mass is 16.6. The molecule has 0 radical (unpaired) electrons. The van der Waals surface area contributed by atoms with Crippen molar-refractivity contribution in [2.24, 2.45) is 12.0 Å². The van der Waals surface area contributed by atoms with Gasteiger partial charge in [0.15, 0.2) is 0 Å². The van der Waals surface area contributed by atoms with Gasteiger partial charge in [-0.3, -0.25) is 10.1 Å². The molecule has 0 aromatic carbocycles. The Morgan fingerprint density at radius 2 is 2.35 bits per heavy atom. The molecule has 1 aromatic rings. The summed E-state index contributed by atoms with van der Waals surface area (Å²) in [6, 6.07) is -0.958. The molecule has 2 rings (SSSR count). The van der Waals surface area contributed by atoms with Crippen LogP contribution in [0, 0.1) is 10.1 Å². The lowest BCUT2D eigenvalue weighted by atomic mass is 10.1. The fraction of sp³-hybridized carbons (Fsp3) is 0.444. The highest BCUT2D eigenvalue weighted by Gasteiger charge is 2.32. The van der Waals surface area contributed by atoms with Crippen LogP contribution in [0.5, 0.6) is 0 Å². The maximum absolute atomic E-state index is 10.7. The van der Waals surface area contributed by atoms with Crippen LogP contribution < -0.4 is 0 Å². The van der Waals surface area contributed by atoms with E-state index in [4.69, 9.17) is 4.74 Å². The van der Waals surface area contributed by atoms with Crippen LogP contribution in [0.15, 0.2) is 23.3 Å². The van der Waals surface area contributed by atoms with E-state index < -0.39 is 17.2 Å². The van der Waals surface area contributed by atoms with Gasteiger partial charge in [-0.2, -0.15) is 15.0 Å². The van der Waals surface area contributed by atoms with Crippen molar-refractivity contribution in [1.82, 2.24) is 15.0 Å². The van der Waals surface area contributed by atoms with Crippen LogP contribution in [-0.2, 0) is 11.8 Å². The first-order valence-corrected chi connectivity index (χ1v) is 4.91. The molecular weight excluding hydrogens is 226 g/mol. The maximum atomic E-state index is 10.7. The molecule has 1 aromatic heterocycles. The summed E-state index contributed by atoms with van der Waals surface area (Å²) in [4.78, 5) is 15.8. The minimum atomic E-state index is -0.958. The SMILES string of the molecule is COC1N=C(c2cnn(C)n2)C=CC1[N+](=O)[O-]. The lowest BCUT2D eigenvalue weighted by Gasteiger charge is -2.17. The van der Waals surface area contributed by atoms with Crippen molar-refractivity contribution >= 4 is 5.71 Å². The molecule has 0 saturated heterocycles. The van der Waals surface area contributed by atoms with Crippen molar-refractivity contribution in [3.63, 3.8) is 0 Å². The van der Waals surface area contributed by atoms with Crippen molar-refractivity contribution in [3.05, 3.63) is 34.2 Å². The van der Waals surface area contributed by atoms with E-state index in [-0.39, 0.29) is 0 Å². The molecule has 2 heterocycles. The smallest absolute Gasteiger partial charge is 0.277 e. The number of nitrogens with zero attached hydrogens (tertiary/aromatic N) is 5. The first kappa shape index (κ1) is 11.4. The molecule has 17 heavy (non-hydrogen) atoms. The highest BCUT2D eigenvalue weighted by molar-refractivity contribution is 6.07. The van der Waals surface area contributed by atoms with Gasteiger partial charge in [-0.25, -0.2) is 4.99 Å². The standard InChI is InChI=1S/C9H11N5O3/c1-13-10-5-7(12-13)6-3-4-8(14(15)16)9(11-6)17-2/h3-5,8-9H,1-2H3. The number of allylic oxidation sites excluding steroid dienone is 1. The van der Waals surface area contributed by atoms with E-state index in [1.807, 2.05) is 0 Å². The predicted octanol–water partition coefficient (Wildman–Crippen LogP) is -0.208. The Kier molecular flexibility index (Phi) is 2.96. The van der Waals surface area contributed by atoms with Gasteiger partial charge in [0, 0.05) is 19.1 Å². The first-order chi connectivity index (χ1) is 8.11. The van der Waals surface area contributed by atoms with E-state index in [0.29, 0.717) is 11.4 Å². The van der Waals surface area contributed by atoms with Gasteiger partial charge in [0.05, 0.1) is 11.9 Å². The third kappa shape index (κ3) is 2.21. The third-order valence-corrected chi connectivity index (χ3v) is 2.36. The molecule has 0 spiro atoms. The molecule has 0 bridgehead atoms. The fourth-order valence-electron chi connectivity index (χ4n) is 1.52. The molecule has 0 amide bonds. The van der Waals surface area contributed by atoms with E-state index in [0.717, 1.165) is 0 Å². The Morgan fingerprint density at radius 1 is 1.59 bits per heavy atom. The van der Waals surface area contributed by atoms with Gasteiger partial charge in [0.1, 0.15) is 5.69 Å². The number of methoxy groups -OCH3 is 1. The number of ether oxygens (including phenoxy) is 1. The van der Waals surface area contributed by atoms with Crippen LogP contribution in [0.25, 0.3) is 0 Å². The number of aliphatic imine (C=N–C) groups is 1. The van der Waals surface area contributed by atoms with E-state index in [1.165, 1.54) is 18.0 Å². The lowest BCUT2D eigenvalue weighted by Crippen LogP contribution is -2.35. The van der Waals surface area contributed by atoms with Crippen molar-refractivity contribution in [1.29, 1.82) is 0 Å². The van der Waals surface area contributed by atoms with Crippen molar-refractivity contribution in [3.8, 4) is 0 Å². The van der Waals surface area contributed by atoms with Crippen molar-refractivity contribution in [2.45, 2.75) is 12.3 Å². The second-order valence-electron chi connectivity index (χ2n) is 3.49. The minimum Gasteiger partial charge on any atom is -0.353 e. The molecule has 0 aliphatic carbocycles. The molecular formula is C9H11N5O3. The van der Waals surface area contributed by atoms with Crippen LogP contribution in [0.4, 0.5) is 0 Å². The van der Waals surface area contributed by atoms with E-state index >= 15 is 0 Å². The fourth-order valence-corrected chi connectivity index (χ4v) is 1.52. The molecule has 2 atom stereocenters. The maximum Gasteiger partial charge on any atom is 0.277 e. The second-order valence-corrected chi connectivity index (χ2v) is 3.49. The zero-order chi connectivity index (χ0) is 12.4. The summed E-state index contributed by atoms with van der Waals surface area (Å²) in [6.07, 6.45) is 3.73. The number of hydrogen-bond acceptors (Lipinski definition) is 6. The Hall–Kier alpha value is -2.09. The lowest BCUT2D eigenvalue weighted by molar-refractivity contribution is -0.521. The Labute approximate surface area is 96.7 Å². The van der Waals surface area contributed by atoms with Crippen molar-refractivity contribution in [2.75, 3.05) is 7.11 Å². The number of aryl methyl sites for hydroxylation is 1. The zero-order valence-corrected chi connectivity index (χ0v) is 9.35. The Balaban J connectivity index is 2.28. The minimum absolute atomic E-state index is 0.429. The Morgan fingerprint density at radius 3 is 2.88 bits per heavy atom. The molecule has 1 aliphatic heterocycles. The van der Waals surface area contributed by atoms with Gasteiger partial charge in [-0.1, -0.05) is 0 Å². The Bertz CT molecular complexity index is 493. The summed E-state index contributed by atoms with van der Waals surface area (Å²) in [5, 5.41) is 18.7. The largest absolute Gasteiger partial charge is 0.353 e. The van der Waals surface area contributed by atoms with Crippen LogP contribution >= 0.6 is 0 Å². The third-order valence-electron chi connectivity index (χ3n) is 2.36. The second kappa shape index (κ2) is 4.42. The van der Waals surface area contributed by atoms with Gasteiger partial charge in [0.25, 0.3) is 6.04 Å². The number of aromatic nitrogens is 3. The summed E-state index contributed by atoms with van der Waals surface area (Å²) in [7, 11) is 3.07. The number of nitro groups is 1. The number of dihydropyridines is 1. The summed E-state index contributed by atoms with van der Waals surface area (Å²) in [5.74, 6) is 0. The molecule has 0 saturated carbocycles. The van der Waals surface area contributed by atoms with Crippen LogP contribution in [0.3, 0.4) is 0 Å². The number of rotatable bonds is 3. The van der Waals surface area contributed by atoms with E-state index in [9.17, 15) is 10.1 Å². The topological polar surface area (TPSA) is 95.4 Å². The summed E-state index contributed by atoms with van der Waals surface area (Å²) >= 11 is 0. The molecule has 0 fully saturated rings. The van der Waals surface area contributed by atoms with Gasteiger partial charge >= 0.3 is 0 Å². The quantitative estimate of drug-likeness (QED) is 0.535. The zero-order valence-electron chi connectivity index (χ0n) is 9.35. The average molecular weight is 237 g/mol. The summed E-state index contributed by atoms with van der Waals surface area (Å²) < 4.78 is 4.99. The molecule has 90 valence electrons. The molecule has 0 N–H and O–H groups in total. The van der Waals surface area contributed by atoms with Gasteiger partial charge in [-0.05, 0) is 12.2 Å². The monoisotopic (exact) mass is 237 g/mol.